The number of nitrogens with zero attached hydrogens (tertiary/aromatic N) is 2. The minimum absolute atomic E-state index is 0.0531. The second-order valence-electron chi connectivity index (χ2n) is 7.88. The first-order valence-corrected chi connectivity index (χ1v) is 11.9. The van der Waals surface area contributed by atoms with Crippen LogP contribution in [-0.4, -0.2) is 21.2 Å². The Bertz CT molecular complexity index is 1420. The second-order valence-corrected chi connectivity index (χ2v) is 8.82. The molecule has 4 rings (SSSR count). The highest BCUT2D eigenvalue weighted by molar-refractivity contribution is 7.99. The van der Waals surface area contributed by atoms with Crippen LogP contribution in [0.4, 0.5) is 14.5 Å². The van der Waals surface area contributed by atoms with Crippen molar-refractivity contribution in [2.75, 3.05) is 11.1 Å². The van der Waals surface area contributed by atoms with Gasteiger partial charge in [-0.1, -0.05) is 55.9 Å². The molecule has 4 aromatic rings. The van der Waals surface area contributed by atoms with E-state index in [0.717, 1.165) is 40.1 Å². The lowest BCUT2D eigenvalue weighted by atomic mass is 9.97. The summed E-state index contributed by atoms with van der Waals surface area (Å²) in [6.07, 6.45) is 0.929. The monoisotopic (exact) mass is 479 g/mol. The summed E-state index contributed by atoms with van der Waals surface area (Å²) in [6, 6.07) is 17.3. The van der Waals surface area contributed by atoms with Crippen LogP contribution < -0.4 is 10.9 Å². The van der Waals surface area contributed by atoms with Gasteiger partial charge in [0.15, 0.2) is 5.16 Å². The summed E-state index contributed by atoms with van der Waals surface area (Å²) in [5.74, 6) is -1.71. The smallest absolute Gasteiger partial charge is 0.266 e. The van der Waals surface area contributed by atoms with Gasteiger partial charge in [0.2, 0.25) is 5.91 Å². The average molecular weight is 480 g/mol. The summed E-state index contributed by atoms with van der Waals surface area (Å²) < 4.78 is 29.2. The number of rotatable bonds is 7. The third-order valence-electron chi connectivity index (χ3n) is 5.61. The highest BCUT2D eigenvalue weighted by atomic mass is 32.2. The Morgan fingerprint density at radius 2 is 1.82 bits per heavy atom. The van der Waals surface area contributed by atoms with Gasteiger partial charge in [-0.05, 0) is 48.2 Å². The third kappa shape index (κ3) is 4.87. The molecule has 1 aromatic heterocycles. The van der Waals surface area contributed by atoms with Crippen LogP contribution in [0.25, 0.3) is 16.6 Å². The van der Waals surface area contributed by atoms with Gasteiger partial charge in [-0.15, -0.1) is 0 Å². The van der Waals surface area contributed by atoms with E-state index in [-0.39, 0.29) is 28.4 Å². The molecule has 0 bridgehead atoms. The van der Waals surface area contributed by atoms with Crippen LogP contribution in [0.1, 0.15) is 31.7 Å². The molecule has 8 heteroatoms. The van der Waals surface area contributed by atoms with Gasteiger partial charge in [-0.2, -0.15) is 0 Å². The Hall–Kier alpha value is -3.52. The molecule has 0 radical (unpaired) electrons. The zero-order chi connectivity index (χ0) is 24.2. The summed E-state index contributed by atoms with van der Waals surface area (Å²) in [5, 5.41) is 3.36. The third-order valence-corrected chi connectivity index (χ3v) is 6.54. The van der Waals surface area contributed by atoms with E-state index >= 15 is 0 Å². The molecule has 0 saturated heterocycles. The molecular weight excluding hydrogens is 456 g/mol. The Morgan fingerprint density at radius 1 is 1.09 bits per heavy atom. The summed E-state index contributed by atoms with van der Waals surface area (Å²) >= 11 is 1.01. The largest absolute Gasteiger partial charge is 0.325 e. The van der Waals surface area contributed by atoms with Gasteiger partial charge in [0.05, 0.1) is 22.3 Å². The first-order chi connectivity index (χ1) is 16.4. The highest BCUT2D eigenvalue weighted by Gasteiger charge is 2.18. The number of carbonyl (C=O) groups excluding carboxylic acids is 1. The molecule has 0 fully saturated rings. The fourth-order valence-electron chi connectivity index (χ4n) is 3.66. The van der Waals surface area contributed by atoms with E-state index < -0.39 is 17.2 Å². The maximum atomic E-state index is 14.6. The van der Waals surface area contributed by atoms with Crippen molar-refractivity contribution < 1.29 is 13.6 Å². The zero-order valence-electron chi connectivity index (χ0n) is 18.7. The Kier molecular flexibility index (Phi) is 7.07. The van der Waals surface area contributed by atoms with Crippen LogP contribution in [0, 0.1) is 11.6 Å². The zero-order valence-corrected chi connectivity index (χ0v) is 19.5. The van der Waals surface area contributed by atoms with Crippen LogP contribution in [0.15, 0.2) is 76.7 Å². The van der Waals surface area contributed by atoms with E-state index in [0.29, 0.717) is 17.0 Å². The molecule has 5 nitrogen and oxygen atoms in total. The van der Waals surface area contributed by atoms with Crippen molar-refractivity contribution in [3.8, 4) is 5.69 Å². The number of para-hydroxylation sites is 2. The van der Waals surface area contributed by atoms with Crippen molar-refractivity contribution >= 4 is 34.3 Å². The van der Waals surface area contributed by atoms with Crippen molar-refractivity contribution in [1.29, 1.82) is 0 Å². The predicted molar refractivity (Wildman–Crippen MR) is 132 cm³/mol. The number of amides is 1. The number of thioether (sulfide) groups is 1. The SMILES string of the molecule is CC[C@H](C)c1ccccc1NC(=O)CSc1nc2ccccc2c(=O)n1-c1ccc(F)cc1F. The summed E-state index contributed by atoms with van der Waals surface area (Å²) in [6.45, 7) is 4.17. The molecular formula is C26H23F2N3O2S. The average Bonchev–Trinajstić information content (AvgIpc) is 2.83. The molecule has 0 aliphatic carbocycles. The molecule has 0 aliphatic heterocycles. The number of hydrogen-bond donors (Lipinski definition) is 1. The molecule has 34 heavy (non-hydrogen) atoms. The van der Waals surface area contributed by atoms with Crippen molar-refractivity contribution in [1.82, 2.24) is 9.55 Å². The van der Waals surface area contributed by atoms with E-state index in [1.807, 2.05) is 24.3 Å². The predicted octanol–water partition coefficient (Wildman–Crippen LogP) is 5.91. The maximum absolute atomic E-state index is 14.6. The number of benzene rings is 3. The molecule has 174 valence electrons. The molecule has 0 saturated carbocycles. The number of anilines is 1. The van der Waals surface area contributed by atoms with Gasteiger partial charge in [0.1, 0.15) is 11.6 Å². The number of aromatic nitrogens is 2. The Morgan fingerprint density at radius 3 is 2.59 bits per heavy atom. The summed E-state index contributed by atoms with van der Waals surface area (Å²) in [4.78, 5) is 30.5. The van der Waals surface area contributed by atoms with Crippen molar-refractivity contribution in [2.45, 2.75) is 31.3 Å². The lowest BCUT2D eigenvalue weighted by Gasteiger charge is -2.16. The number of hydrogen-bond acceptors (Lipinski definition) is 4. The molecule has 0 unspecified atom stereocenters. The quantitative estimate of drug-likeness (QED) is 0.264. The molecule has 0 aliphatic rings. The van der Waals surface area contributed by atoms with E-state index in [2.05, 4.69) is 24.1 Å². The topological polar surface area (TPSA) is 64.0 Å². The van der Waals surface area contributed by atoms with E-state index in [1.165, 1.54) is 6.07 Å². The van der Waals surface area contributed by atoms with Gasteiger partial charge in [-0.3, -0.25) is 14.2 Å². The van der Waals surface area contributed by atoms with Crippen LogP contribution in [0.5, 0.6) is 0 Å². The maximum Gasteiger partial charge on any atom is 0.266 e. The minimum atomic E-state index is -0.895. The first-order valence-electron chi connectivity index (χ1n) is 10.9. The lowest BCUT2D eigenvalue weighted by molar-refractivity contribution is -0.113. The Balaban J connectivity index is 1.67. The van der Waals surface area contributed by atoms with Crippen LogP contribution >= 0.6 is 11.8 Å². The highest BCUT2D eigenvalue weighted by Crippen LogP contribution is 2.27. The van der Waals surface area contributed by atoms with Crippen molar-refractivity contribution in [3.63, 3.8) is 0 Å². The van der Waals surface area contributed by atoms with Crippen molar-refractivity contribution in [2.24, 2.45) is 0 Å². The summed E-state index contributed by atoms with van der Waals surface area (Å²) in [5.41, 5.74) is 1.57. The van der Waals surface area contributed by atoms with Crippen molar-refractivity contribution in [3.05, 3.63) is 94.3 Å². The fraction of sp³-hybridized carbons (Fsp3) is 0.192. The number of nitrogens with one attached hydrogen (secondary N) is 1. The minimum Gasteiger partial charge on any atom is -0.325 e. The van der Waals surface area contributed by atoms with Gasteiger partial charge >= 0.3 is 0 Å². The molecule has 1 N–H and O–H groups in total. The van der Waals surface area contributed by atoms with Crippen LogP contribution in [0.3, 0.4) is 0 Å². The number of carbonyl (C=O) groups is 1. The molecule has 1 heterocycles. The second kappa shape index (κ2) is 10.2. The normalized spacial score (nSPS) is 12.0. The first kappa shape index (κ1) is 23.6. The lowest BCUT2D eigenvalue weighted by Crippen LogP contribution is -2.24. The van der Waals surface area contributed by atoms with Gasteiger partial charge in [-0.25, -0.2) is 13.8 Å². The van der Waals surface area contributed by atoms with E-state index in [9.17, 15) is 18.4 Å². The van der Waals surface area contributed by atoms with Crippen LogP contribution in [0.2, 0.25) is 0 Å². The van der Waals surface area contributed by atoms with E-state index in [4.69, 9.17) is 0 Å². The Labute approximate surface area is 199 Å². The standard InChI is InChI=1S/C26H23F2N3O2S/c1-3-16(2)18-8-4-6-10-21(18)29-24(32)15-34-26-30-22-11-7-5-9-19(22)25(33)31(26)23-13-12-17(27)14-20(23)28/h4-14,16H,3,15H2,1-2H3,(H,29,32)/t16-/m0/s1. The van der Waals surface area contributed by atoms with Crippen LogP contribution in [-0.2, 0) is 4.79 Å². The number of fused-ring (bicyclic) bond motifs is 1. The van der Waals surface area contributed by atoms with Gasteiger partial charge in [0, 0.05) is 11.8 Å². The van der Waals surface area contributed by atoms with Gasteiger partial charge in [0.25, 0.3) is 5.56 Å². The van der Waals surface area contributed by atoms with Gasteiger partial charge < -0.3 is 5.32 Å². The van der Waals surface area contributed by atoms with E-state index in [1.54, 1.807) is 24.3 Å². The molecule has 1 atom stereocenters. The molecule has 1 amide bonds. The molecule has 3 aromatic carbocycles. The summed E-state index contributed by atoms with van der Waals surface area (Å²) in [7, 11) is 0. The number of halogens is 2. The fourth-order valence-corrected chi connectivity index (χ4v) is 4.47. The molecule has 0 spiro atoms.